The minimum Gasteiger partial charge on any atom is -0.378 e. The van der Waals surface area contributed by atoms with Crippen LogP contribution in [0.3, 0.4) is 0 Å². The van der Waals surface area contributed by atoms with Gasteiger partial charge in [0.1, 0.15) is 11.6 Å². The van der Waals surface area contributed by atoms with E-state index in [-0.39, 0.29) is 11.7 Å². The molecule has 0 radical (unpaired) electrons. The van der Waals surface area contributed by atoms with E-state index in [1.165, 1.54) is 12.1 Å². The average molecular weight is 291 g/mol. The van der Waals surface area contributed by atoms with Crippen LogP contribution in [0.2, 0.25) is 0 Å². The van der Waals surface area contributed by atoms with Gasteiger partial charge in [0.05, 0.1) is 13.2 Å². The predicted molar refractivity (Wildman–Crippen MR) is 78.6 cm³/mol. The zero-order valence-electron chi connectivity index (χ0n) is 12.4. The zero-order chi connectivity index (χ0) is 14.8. The molecule has 2 atom stereocenters. The van der Waals surface area contributed by atoms with Crippen LogP contribution in [0.25, 0.3) is 0 Å². The van der Waals surface area contributed by atoms with Crippen molar-refractivity contribution < 1.29 is 13.9 Å². The van der Waals surface area contributed by atoms with E-state index >= 15 is 0 Å². The van der Waals surface area contributed by atoms with Gasteiger partial charge >= 0.3 is 0 Å². The average Bonchev–Trinajstić information content (AvgIpc) is 2.46. The third-order valence-electron chi connectivity index (χ3n) is 4.91. The standard InChI is InChI=1S/C17H22FNO2/c1-19-15-8-13(9-16(19)11-21-10-15)17(20)7-4-12-2-5-14(18)6-3-12/h2-3,5-6,13,15-16H,4,7-11H2,1H3. The van der Waals surface area contributed by atoms with Gasteiger partial charge in [0.2, 0.25) is 0 Å². The van der Waals surface area contributed by atoms with Gasteiger partial charge in [-0.1, -0.05) is 12.1 Å². The Kier molecular flexibility index (Phi) is 4.36. The molecule has 0 saturated carbocycles. The number of fused-ring (bicyclic) bond motifs is 2. The van der Waals surface area contributed by atoms with Crippen LogP contribution in [0.1, 0.15) is 24.8 Å². The number of ether oxygens (including phenoxy) is 1. The van der Waals surface area contributed by atoms with Gasteiger partial charge in [0.15, 0.2) is 0 Å². The van der Waals surface area contributed by atoms with Gasteiger partial charge in [-0.25, -0.2) is 4.39 Å². The number of hydrogen-bond acceptors (Lipinski definition) is 3. The SMILES string of the molecule is CN1C2COCC1CC(C(=O)CCc1ccc(F)cc1)C2. The lowest BCUT2D eigenvalue weighted by Gasteiger charge is -2.46. The maximum atomic E-state index is 12.9. The maximum absolute atomic E-state index is 12.9. The Morgan fingerprint density at radius 2 is 1.86 bits per heavy atom. The second-order valence-electron chi connectivity index (χ2n) is 6.27. The minimum absolute atomic E-state index is 0.167. The number of aryl methyl sites for hydroxylation is 1. The van der Waals surface area contributed by atoms with Crippen LogP contribution in [0, 0.1) is 11.7 Å². The highest BCUT2D eigenvalue weighted by atomic mass is 19.1. The highest BCUT2D eigenvalue weighted by molar-refractivity contribution is 5.81. The number of nitrogens with zero attached hydrogens (tertiary/aromatic N) is 1. The molecule has 2 unspecified atom stereocenters. The van der Waals surface area contributed by atoms with Gasteiger partial charge in [-0.3, -0.25) is 9.69 Å². The number of likely N-dealkylation sites (N-methyl/N-ethyl adjacent to an activating group) is 1. The molecule has 2 bridgehead atoms. The predicted octanol–water partition coefficient (Wildman–Crippen LogP) is 2.44. The summed E-state index contributed by atoms with van der Waals surface area (Å²) >= 11 is 0. The topological polar surface area (TPSA) is 29.5 Å². The van der Waals surface area contributed by atoms with Crippen molar-refractivity contribution >= 4 is 5.78 Å². The molecule has 2 heterocycles. The van der Waals surface area contributed by atoms with Gasteiger partial charge in [-0.15, -0.1) is 0 Å². The number of carbonyl (C=O) groups excluding carboxylic acids is 1. The number of morpholine rings is 1. The summed E-state index contributed by atoms with van der Waals surface area (Å²) in [5.74, 6) is 0.290. The van der Waals surface area contributed by atoms with Crippen LogP contribution in [0.15, 0.2) is 24.3 Å². The molecule has 114 valence electrons. The lowest BCUT2D eigenvalue weighted by atomic mass is 9.81. The Morgan fingerprint density at radius 1 is 1.24 bits per heavy atom. The molecule has 0 amide bonds. The number of ketones is 1. The van der Waals surface area contributed by atoms with E-state index < -0.39 is 0 Å². The quantitative estimate of drug-likeness (QED) is 0.853. The minimum atomic E-state index is -0.229. The number of carbonyl (C=O) groups is 1. The smallest absolute Gasteiger partial charge is 0.136 e. The van der Waals surface area contributed by atoms with Crippen molar-refractivity contribution in [2.24, 2.45) is 5.92 Å². The van der Waals surface area contributed by atoms with Crippen molar-refractivity contribution in [3.63, 3.8) is 0 Å². The van der Waals surface area contributed by atoms with Crippen molar-refractivity contribution in [3.8, 4) is 0 Å². The van der Waals surface area contributed by atoms with Crippen LogP contribution in [-0.2, 0) is 16.0 Å². The summed E-state index contributed by atoms with van der Waals surface area (Å²) in [5, 5.41) is 0. The highest BCUT2D eigenvalue weighted by Crippen LogP contribution is 2.31. The Bertz CT molecular complexity index is 488. The maximum Gasteiger partial charge on any atom is 0.136 e. The Morgan fingerprint density at radius 3 is 2.48 bits per heavy atom. The molecule has 0 N–H and O–H groups in total. The third kappa shape index (κ3) is 3.33. The monoisotopic (exact) mass is 291 g/mol. The first-order chi connectivity index (χ1) is 10.1. The molecular formula is C17H22FNO2. The van der Waals surface area contributed by atoms with Crippen molar-refractivity contribution in [1.82, 2.24) is 4.90 Å². The first-order valence-corrected chi connectivity index (χ1v) is 7.70. The number of halogens is 1. The lowest BCUT2D eigenvalue weighted by Crippen LogP contribution is -2.55. The summed E-state index contributed by atoms with van der Waals surface area (Å²) in [6, 6.07) is 7.21. The van der Waals surface area contributed by atoms with Crippen LogP contribution < -0.4 is 0 Å². The van der Waals surface area contributed by atoms with Gasteiger partial charge in [-0.05, 0) is 44.0 Å². The van der Waals surface area contributed by atoms with Crippen molar-refractivity contribution in [1.29, 1.82) is 0 Å². The fourth-order valence-electron chi connectivity index (χ4n) is 3.48. The van der Waals surface area contributed by atoms with Crippen molar-refractivity contribution in [2.45, 2.75) is 37.8 Å². The summed E-state index contributed by atoms with van der Waals surface area (Å²) in [7, 11) is 2.14. The lowest BCUT2D eigenvalue weighted by molar-refractivity contribution is -0.131. The zero-order valence-corrected chi connectivity index (χ0v) is 12.4. The van der Waals surface area contributed by atoms with Crippen LogP contribution in [0.5, 0.6) is 0 Å². The fourth-order valence-corrected chi connectivity index (χ4v) is 3.48. The number of hydrogen-bond donors (Lipinski definition) is 0. The second kappa shape index (κ2) is 6.24. The number of rotatable bonds is 4. The molecule has 2 aliphatic rings. The Balaban J connectivity index is 1.55. The molecule has 4 heteroatoms. The molecule has 21 heavy (non-hydrogen) atoms. The summed E-state index contributed by atoms with van der Waals surface area (Å²) in [6.07, 6.45) is 3.09. The summed E-state index contributed by atoms with van der Waals surface area (Å²) < 4.78 is 18.4. The molecule has 0 aromatic heterocycles. The normalized spacial score (nSPS) is 29.3. The number of piperidine rings is 1. The van der Waals surface area contributed by atoms with Crippen LogP contribution in [0.4, 0.5) is 4.39 Å². The van der Waals surface area contributed by atoms with Gasteiger partial charge < -0.3 is 4.74 Å². The Hall–Kier alpha value is -1.26. The first kappa shape index (κ1) is 14.7. The van der Waals surface area contributed by atoms with Crippen LogP contribution in [-0.4, -0.2) is 43.0 Å². The summed E-state index contributed by atoms with van der Waals surface area (Å²) in [5.41, 5.74) is 1.03. The van der Waals surface area contributed by atoms with Crippen LogP contribution >= 0.6 is 0 Å². The second-order valence-corrected chi connectivity index (χ2v) is 6.27. The van der Waals surface area contributed by atoms with E-state index in [0.717, 1.165) is 31.6 Å². The number of Topliss-reactive ketones (excluding diaryl/α,β-unsaturated/α-hetero) is 1. The van der Waals surface area contributed by atoms with E-state index in [0.29, 0.717) is 30.7 Å². The fraction of sp³-hybridized carbons (Fsp3) is 0.588. The summed E-state index contributed by atoms with van der Waals surface area (Å²) in [6.45, 7) is 1.49. The number of benzene rings is 1. The molecule has 3 nitrogen and oxygen atoms in total. The molecule has 2 saturated heterocycles. The molecule has 0 spiro atoms. The molecule has 2 aliphatic heterocycles. The van der Waals surface area contributed by atoms with Crippen molar-refractivity contribution in [3.05, 3.63) is 35.6 Å². The van der Waals surface area contributed by atoms with Gasteiger partial charge in [-0.2, -0.15) is 0 Å². The third-order valence-corrected chi connectivity index (χ3v) is 4.91. The van der Waals surface area contributed by atoms with Crippen molar-refractivity contribution in [2.75, 3.05) is 20.3 Å². The largest absolute Gasteiger partial charge is 0.378 e. The molecule has 1 aromatic carbocycles. The Labute approximate surface area is 125 Å². The molecule has 3 rings (SSSR count). The van der Waals surface area contributed by atoms with E-state index in [9.17, 15) is 9.18 Å². The van der Waals surface area contributed by atoms with E-state index in [1.54, 1.807) is 12.1 Å². The molecule has 0 aliphatic carbocycles. The van der Waals surface area contributed by atoms with E-state index in [2.05, 4.69) is 11.9 Å². The highest BCUT2D eigenvalue weighted by Gasteiger charge is 2.38. The van der Waals surface area contributed by atoms with Gasteiger partial charge in [0.25, 0.3) is 0 Å². The van der Waals surface area contributed by atoms with E-state index in [1.807, 2.05) is 0 Å². The summed E-state index contributed by atoms with van der Waals surface area (Å²) in [4.78, 5) is 14.8. The first-order valence-electron chi connectivity index (χ1n) is 7.70. The molecule has 2 fully saturated rings. The molecular weight excluding hydrogens is 269 g/mol. The van der Waals surface area contributed by atoms with Gasteiger partial charge in [0, 0.05) is 24.4 Å². The van der Waals surface area contributed by atoms with E-state index in [4.69, 9.17) is 4.74 Å². The molecule has 1 aromatic rings.